The van der Waals surface area contributed by atoms with Gasteiger partial charge >= 0.3 is 0 Å². The van der Waals surface area contributed by atoms with Crippen LogP contribution in [-0.4, -0.2) is 23.9 Å². The quantitative estimate of drug-likeness (QED) is 0.370. The molecular formula is C5H12IN3. The first-order valence-electron chi connectivity index (χ1n) is 2.89. The Hall–Kier alpha value is 0. The lowest BCUT2D eigenvalue weighted by molar-refractivity contribution is 0.509. The van der Waals surface area contributed by atoms with Crippen LogP contribution in [0.2, 0.25) is 0 Å². The van der Waals surface area contributed by atoms with E-state index in [0.717, 1.165) is 13.1 Å². The second-order valence-corrected chi connectivity index (χ2v) is 2.08. The van der Waals surface area contributed by atoms with Crippen molar-refractivity contribution in [2.45, 2.75) is 12.8 Å². The van der Waals surface area contributed by atoms with Gasteiger partial charge in [-0.15, -0.1) is 24.0 Å². The second kappa shape index (κ2) is 3.92. The van der Waals surface area contributed by atoms with E-state index in [1.165, 1.54) is 12.8 Å². The maximum atomic E-state index is 7.00. The van der Waals surface area contributed by atoms with Crippen LogP contribution < -0.4 is 5.73 Å². The van der Waals surface area contributed by atoms with E-state index in [4.69, 9.17) is 11.1 Å². The molecule has 3 nitrogen and oxygen atoms in total. The van der Waals surface area contributed by atoms with Crippen LogP contribution in [0.1, 0.15) is 12.8 Å². The van der Waals surface area contributed by atoms with Gasteiger partial charge in [0.2, 0.25) is 0 Å². The number of nitrogens with one attached hydrogen (secondary N) is 1. The third-order valence-corrected chi connectivity index (χ3v) is 1.45. The largest absolute Gasteiger partial charge is 0.370 e. The first kappa shape index (κ1) is 9.00. The van der Waals surface area contributed by atoms with Gasteiger partial charge in [0, 0.05) is 13.1 Å². The van der Waals surface area contributed by atoms with Gasteiger partial charge in [-0.05, 0) is 12.8 Å². The van der Waals surface area contributed by atoms with Crippen LogP contribution in [0.4, 0.5) is 0 Å². The van der Waals surface area contributed by atoms with Gasteiger partial charge in [-0.25, -0.2) is 0 Å². The molecular weight excluding hydrogens is 229 g/mol. The molecule has 1 heterocycles. The predicted octanol–water partition coefficient (Wildman–Crippen LogP) is 0.594. The molecule has 1 rings (SSSR count). The number of hydrogen-bond donors (Lipinski definition) is 2. The van der Waals surface area contributed by atoms with Crippen molar-refractivity contribution in [1.29, 1.82) is 5.41 Å². The monoisotopic (exact) mass is 241 g/mol. The molecule has 9 heavy (non-hydrogen) atoms. The summed E-state index contributed by atoms with van der Waals surface area (Å²) >= 11 is 0. The number of rotatable bonds is 0. The third-order valence-electron chi connectivity index (χ3n) is 1.45. The molecule has 3 N–H and O–H groups in total. The number of likely N-dealkylation sites (tertiary alicyclic amines) is 1. The summed E-state index contributed by atoms with van der Waals surface area (Å²) in [5, 5.41) is 7.00. The zero-order valence-corrected chi connectivity index (χ0v) is 7.59. The van der Waals surface area contributed by atoms with Crippen molar-refractivity contribution in [1.82, 2.24) is 4.90 Å². The minimum absolute atomic E-state index is 0. The molecule has 1 saturated heterocycles. The van der Waals surface area contributed by atoms with E-state index in [1.54, 1.807) is 0 Å². The summed E-state index contributed by atoms with van der Waals surface area (Å²) < 4.78 is 0. The summed E-state index contributed by atoms with van der Waals surface area (Å²) in [6.07, 6.45) is 2.39. The van der Waals surface area contributed by atoms with Gasteiger partial charge < -0.3 is 10.6 Å². The van der Waals surface area contributed by atoms with Gasteiger partial charge in [0.15, 0.2) is 5.96 Å². The Labute approximate surface area is 72.1 Å². The maximum absolute atomic E-state index is 7.00. The van der Waals surface area contributed by atoms with Crippen LogP contribution in [0.25, 0.3) is 0 Å². The normalized spacial score (nSPS) is 17.1. The van der Waals surface area contributed by atoms with Crippen LogP contribution in [0.3, 0.4) is 0 Å². The lowest BCUT2D eigenvalue weighted by atomic mass is 10.4. The first-order valence-corrected chi connectivity index (χ1v) is 2.89. The Bertz CT molecular complexity index is 98.4. The van der Waals surface area contributed by atoms with Crippen molar-refractivity contribution < 1.29 is 0 Å². The minimum Gasteiger partial charge on any atom is -0.370 e. The summed E-state index contributed by atoms with van der Waals surface area (Å²) in [5.41, 5.74) is 5.21. The van der Waals surface area contributed by atoms with E-state index in [9.17, 15) is 0 Å². The Balaban J connectivity index is 0.000000640. The van der Waals surface area contributed by atoms with Crippen LogP contribution >= 0.6 is 24.0 Å². The topological polar surface area (TPSA) is 53.1 Å². The van der Waals surface area contributed by atoms with E-state index in [0.29, 0.717) is 0 Å². The van der Waals surface area contributed by atoms with Crippen molar-refractivity contribution in [3.63, 3.8) is 0 Å². The maximum Gasteiger partial charge on any atom is 0.188 e. The van der Waals surface area contributed by atoms with Gasteiger partial charge in [0.05, 0.1) is 0 Å². The molecule has 1 aliphatic heterocycles. The number of halogens is 1. The highest BCUT2D eigenvalue weighted by Gasteiger charge is 2.10. The number of guanidine groups is 1. The van der Waals surface area contributed by atoms with E-state index >= 15 is 0 Å². The molecule has 1 aliphatic rings. The Morgan fingerprint density at radius 3 is 2.00 bits per heavy atom. The van der Waals surface area contributed by atoms with Gasteiger partial charge in [-0.1, -0.05) is 0 Å². The summed E-state index contributed by atoms with van der Waals surface area (Å²) in [6, 6.07) is 0. The molecule has 0 amide bonds. The molecule has 54 valence electrons. The molecule has 0 spiro atoms. The van der Waals surface area contributed by atoms with Gasteiger partial charge in [-0.3, -0.25) is 5.41 Å². The fraction of sp³-hybridized carbons (Fsp3) is 0.800. The molecule has 0 bridgehead atoms. The van der Waals surface area contributed by atoms with Gasteiger partial charge in [-0.2, -0.15) is 0 Å². The number of hydrogen-bond acceptors (Lipinski definition) is 1. The highest BCUT2D eigenvalue weighted by Crippen LogP contribution is 2.04. The number of nitrogens with zero attached hydrogens (tertiary/aromatic N) is 1. The van der Waals surface area contributed by atoms with E-state index in [-0.39, 0.29) is 29.9 Å². The Kier molecular flexibility index (Phi) is 3.92. The highest BCUT2D eigenvalue weighted by atomic mass is 127. The molecule has 1 fully saturated rings. The van der Waals surface area contributed by atoms with Crippen molar-refractivity contribution in [3.05, 3.63) is 0 Å². The Morgan fingerprint density at radius 2 is 1.78 bits per heavy atom. The van der Waals surface area contributed by atoms with Crippen LogP contribution in [-0.2, 0) is 0 Å². The van der Waals surface area contributed by atoms with Crippen molar-refractivity contribution in [2.24, 2.45) is 5.73 Å². The molecule has 0 aromatic rings. The van der Waals surface area contributed by atoms with Crippen molar-refractivity contribution >= 4 is 29.9 Å². The lowest BCUT2D eigenvalue weighted by Gasteiger charge is -2.12. The second-order valence-electron chi connectivity index (χ2n) is 2.08. The summed E-state index contributed by atoms with van der Waals surface area (Å²) in [5.74, 6) is 0.225. The first-order chi connectivity index (χ1) is 3.80. The smallest absolute Gasteiger partial charge is 0.188 e. The van der Waals surface area contributed by atoms with Crippen LogP contribution in [0.15, 0.2) is 0 Å². The Morgan fingerprint density at radius 1 is 1.33 bits per heavy atom. The average molecular weight is 241 g/mol. The van der Waals surface area contributed by atoms with E-state index in [1.807, 2.05) is 4.90 Å². The molecule has 0 aromatic carbocycles. The molecule has 0 aliphatic carbocycles. The molecule has 0 radical (unpaired) electrons. The standard InChI is InChI=1S/C5H11N3.HI/c6-5(7)8-3-1-2-4-8;/h1-4H2,(H3,6,7);1H. The highest BCUT2D eigenvalue weighted by molar-refractivity contribution is 14.0. The van der Waals surface area contributed by atoms with Gasteiger partial charge in [0.1, 0.15) is 0 Å². The molecule has 0 aromatic heterocycles. The van der Waals surface area contributed by atoms with E-state index in [2.05, 4.69) is 0 Å². The lowest BCUT2D eigenvalue weighted by Crippen LogP contribution is -2.33. The van der Waals surface area contributed by atoms with Crippen LogP contribution in [0, 0.1) is 5.41 Å². The average Bonchev–Trinajstić information content (AvgIpc) is 2.12. The van der Waals surface area contributed by atoms with Gasteiger partial charge in [0.25, 0.3) is 0 Å². The zero-order chi connectivity index (χ0) is 5.98. The fourth-order valence-corrected chi connectivity index (χ4v) is 0.958. The summed E-state index contributed by atoms with van der Waals surface area (Å²) in [4.78, 5) is 1.89. The fourth-order valence-electron chi connectivity index (χ4n) is 0.958. The molecule has 4 heteroatoms. The molecule has 0 unspecified atom stereocenters. The SMILES string of the molecule is I.N=C(N)N1CCCC1. The minimum atomic E-state index is 0. The van der Waals surface area contributed by atoms with Crippen LogP contribution in [0.5, 0.6) is 0 Å². The zero-order valence-electron chi connectivity index (χ0n) is 5.26. The number of nitrogens with two attached hydrogens (primary N) is 1. The summed E-state index contributed by atoms with van der Waals surface area (Å²) in [7, 11) is 0. The molecule has 0 atom stereocenters. The van der Waals surface area contributed by atoms with Crippen molar-refractivity contribution in [3.8, 4) is 0 Å². The predicted molar refractivity (Wildman–Crippen MR) is 48.1 cm³/mol. The molecule has 0 saturated carbocycles. The van der Waals surface area contributed by atoms with Crippen molar-refractivity contribution in [2.75, 3.05) is 13.1 Å². The van der Waals surface area contributed by atoms with E-state index < -0.39 is 0 Å². The third kappa shape index (κ3) is 2.38. The summed E-state index contributed by atoms with van der Waals surface area (Å²) in [6.45, 7) is 1.96.